The van der Waals surface area contributed by atoms with E-state index in [4.69, 9.17) is 0 Å². The highest BCUT2D eigenvalue weighted by molar-refractivity contribution is 5.82. The van der Waals surface area contributed by atoms with E-state index in [-0.39, 0.29) is 0 Å². The Kier molecular flexibility index (Phi) is 3.32. The van der Waals surface area contributed by atoms with Crippen LogP contribution < -0.4 is 5.32 Å². The first-order valence-corrected chi connectivity index (χ1v) is 5.48. The molecule has 2 nitrogen and oxygen atoms in total. The van der Waals surface area contributed by atoms with Crippen LogP contribution in [0.4, 0.5) is 0 Å². The van der Waals surface area contributed by atoms with Crippen molar-refractivity contribution in [1.82, 2.24) is 10.3 Å². The number of pyridine rings is 1. The average Bonchev–Trinajstić information content (AvgIpc) is 2.35. The summed E-state index contributed by atoms with van der Waals surface area (Å²) in [6, 6.07) is 10.6. The molecular formula is C14H16N2. The number of fused-ring (bicyclic) bond motifs is 1. The van der Waals surface area contributed by atoms with Crippen LogP contribution in [0.5, 0.6) is 0 Å². The maximum absolute atomic E-state index is 4.37. The van der Waals surface area contributed by atoms with Gasteiger partial charge in [0.25, 0.3) is 0 Å². The molecule has 0 aliphatic carbocycles. The van der Waals surface area contributed by atoms with Gasteiger partial charge in [-0.2, -0.15) is 0 Å². The third kappa shape index (κ3) is 1.97. The van der Waals surface area contributed by atoms with Crippen molar-refractivity contribution in [3.05, 3.63) is 54.7 Å². The Bertz CT molecular complexity index is 486. The van der Waals surface area contributed by atoms with Crippen LogP contribution in [0.3, 0.4) is 0 Å². The lowest BCUT2D eigenvalue weighted by atomic mass is 9.99. The van der Waals surface area contributed by atoms with Crippen molar-refractivity contribution in [2.45, 2.75) is 12.5 Å². The zero-order valence-corrected chi connectivity index (χ0v) is 9.48. The van der Waals surface area contributed by atoms with Crippen molar-refractivity contribution in [2.24, 2.45) is 0 Å². The summed E-state index contributed by atoms with van der Waals surface area (Å²) in [5.41, 5.74) is 2.33. The molecule has 82 valence electrons. The van der Waals surface area contributed by atoms with Crippen molar-refractivity contribution in [3.63, 3.8) is 0 Å². The van der Waals surface area contributed by atoms with E-state index < -0.39 is 0 Å². The summed E-state index contributed by atoms with van der Waals surface area (Å²) in [7, 11) is 1.98. The van der Waals surface area contributed by atoms with Gasteiger partial charge in [0.2, 0.25) is 0 Å². The van der Waals surface area contributed by atoms with Gasteiger partial charge in [-0.1, -0.05) is 24.3 Å². The molecule has 0 aliphatic rings. The number of aromatic nitrogens is 1. The van der Waals surface area contributed by atoms with Crippen LogP contribution in [0.2, 0.25) is 0 Å². The van der Waals surface area contributed by atoms with Crippen molar-refractivity contribution < 1.29 is 0 Å². The molecule has 0 saturated carbocycles. The molecule has 0 spiro atoms. The second-order valence-corrected chi connectivity index (χ2v) is 3.78. The molecule has 2 heteroatoms. The molecule has 1 atom stereocenters. The molecule has 1 aromatic heterocycles. The predicted molar refractivity (Wildman–Crippen MR) is 68.4 cm³/mol. The molecule has 2 aromatic rings. The highest BCUT2D eigenvalue weighted by Gasteiger charge is 2.10. The third-order valence-electron chi connectivity index (χ3n) is 2.81. The lowest BCUT2D eigenvalue weighted by Gasteiger charge is -2.16. The molecule has 0 bridgehead atoms. The standard InChI is InChI=1S/C14H16N2/c1-3-6-13(15-2)11-7-4-9-14-12(11)8-5-10-16-14/h3-5,7-10,13,15H,1,6H2,2H3. The first kappa shape index (κ1) is 10.8. The summed E-state index contributed by atoms with van der Waals surface area (Å²) >= 11 is 0. The molecule has 1 heterocycles. The number of nitrogens with one attached hydrogen (secondary N) is 1. The van der Waals surface area contributed by atoms with Gasteiger partial charge >= 0.3 is 0 Å². The molecule has 1 unspecified atom stereocenters. The maximum Gasteiger partial charge on any atom is 0.0705 e. The fourth-order valence-corrected chi connectivity index (χ4v) is 2.00. The van der Waals surface area contributed by atoms with E-state index in [0.29, 0.717) is 6.04 Å². The maximum atomic E-state index is 4.37. The Morgan fingerprint density at radius 2 is 2.25 bits per heavy atom. The summed E-state index contributed by atoms with van der Waals surface area (Å²) in [6.45, 7) is 3.80. The smallest absolute Gasteiger partial charge is 0.0705 e. The van der Waals surface area contributed by atoms with Gasteiger partial charge in [0.15, 0.2) is 0 Å². The molecule has 16 heavy (non-hydrogen) atoms. The molecule has 0 saturated heterocycles. The number of rotatable bonds is 4. The highest BCUT2D eigenvalue weighted by atomic mass is 14.9. The summed E-state index contributed by atoms with van der Waals surface area (Å²) < 4.78 is 0. The summed E-state index contributed by atoms with van der Waals surface area (Å²) in [5, 5.41) is 4.53. The zero-order valence-electron chi connectivity index (χ0n) is 9.48. The van der Waals surface area contributed by atoms with Crippen LogP contribution in [0.1, 0.15) is 18.0 Å². The molecular weight excluding hydrogens is 196 g/mol. The first-order chi connectivity index (χ1) is 7.86. The summed E-state index contributed by atoms with van der Waals surface area (Å²) in [4.78, 5) is 4.37. The fraction of sp³-hybridized carbons (Fsp3) is 0.214. The number of hydrogen-bond acceptors (Lipinski definition) is 2. The Hall–Kier alpha value is -1.67. The van der Waals surface area contributed by atoms with E-state index in [9.17, 15) is 0 Å². The van der Waals surface area contributed by atoms with Gasteiger partial charge in [0.1, 0.15) is 0 Å². The molecule has 0 fully saturated rings. The van der Waals surface area contributed by atoms with Crippen molar-refractivity contribution in [1.29, 1.82) is 0 Å². The van der Waals surface area contributed by atoms with Gasteiger partial charge in [-0.15, -0.1) is 6.58 Å². The zero-order chi connectivity index (χ0) is 11.4. The van der Waals surface area contributed by atoms with Gasteiger partial charge in [-0.25, -0.2) is 0 Å². The van der Waals surface area contributed by atoms with Gasteiger partial charge in [-0.05, 0) is 31.2 Å². The largest absolute Gasteiger partial charge is 0.313 e. The number of benzene rings is 1. The van der Waals surface area contributed by atoms with E-state index in [0.717, 1.165) is 11.9 Å². The Morgan fingerprint density at radius 3 is 3.00 bits per heavy atom. The van der Waals surface area contributed by atoms with Crippen LogP contribution >= 0.6 is 0 Å². The van der Waals surface area contributed by atoms with Crippen LogP contribution in [-0.2, 0) is 0 Å². The third-order valence-corrected chi connectivity index (χ3v) is 2.81. The quantitative estimate of drug-likeness (QED) is 0.788. The van der Waals surface area contributed by atoms with Gasteiger partial charge in [0, 0.05) is 17.6 Å². The highest BCUT2D eigenvalue weighted by Crippen LogP contribution is 2.24. The minimum Gasteiger partial charge on any atom is -0.313 e. The second kappa shape index (κ2) is 4.90. The number of hydrogen-bond donors (Lipinski definition) is 1. The van der Waals surface area contributed by atoms with Gasteiger partial charge < -0.3 is 5.32 Å². The van der Waals surface area contributed by atoms with E-state index >= 15 is 0 Å². The predicted octanol–water partition coefficient (Wildman–Crippen LogP) is 3.07. The Balaban J connectivity index is 2.54. The lowest BCUT2D eigenvalue weighted by Crippen LogP contribution is -2.15. The Morgan fingerprint density at radius 1 is 1.38 bits per heavy atom. The number of nitrogens with zero attached hydrogens (tertiary/aromatic N) is 1. The molecule has 0 radical (unpaired) electrons. The van der Waals surface area contributed by atoms with Gasteiger partial charge in [-0.3, -0.25) is 4.98 Å². The Labute approximate surface area is 96.0 Å². The average molecular weight is 212 g/mol. The van der Waals surface area contributed by atoms with Crippen LogP contribution in [0.15, 0.2) is 49.2 Å². The molecule has 1 aromatic carbocycles. The van der Waals surface area contributed by atoms with Crippen LogP contribution in [0.25, 0.3) is 10.9 Å². The van der Waals surface area contributed by atoms with Crippen molar-refractivity contribution in [3.8, 4) is 0 Å². The van der Waals surface area contributed by atoms with Crippen LogP contribution in [-0.4, -0.2) is 12.0 Å². The fourth-order valence-electron chi connectivity index (χ4n) is 2.00. The molecule has 2 rings (SSSR count). The summed E-state index contributed by atoms with van der Waals surface area (Å²) in [5.74, 6) is 0. The minimum absolute atomic E-state index is 0.311. The second-order valence-electron chi connectivity index (χ2n) is 3.78. The van der Waals surface area contributed by atoms with Crippen molar-refractivity contribution >= 4 is 10.9 Å². The first-order valence-electron chi connectivity index (χ1n) is 5.48. The van der Waals surface area contributed by atoms with Crippen LogP contribution in [0, 0.1) is 0 Å². The lowest BCUT2D eigenvalue weighted by molar-refractivity contribution is 0.608. The van der Waals surface area contributed by atoms with E-state index in [1.807, 2.05) is 31.5 Å². The monoisotopic (exact) mass is 212 g/mol. The molecule has 1 N–H and O–H groups in total. The topological polar surface area (TPSA) is 24.9 Å². The normalized spacial score (nSPS) is 12.6. The SMILES string of the molecule is C=CCC(NC)c1cccc2ncccc12. The molecule has 0 amide bonds. The summed E-state index contributed by atoms with van der Waals surface area (Å²) in [6.07, 6.45) is 4.69. The van der Waals surface area contributed by atoms with E-state index in [2.05, 4.69) is 35.1 Å². The van der Waals surface area contributed by atoms with Crippen molar-refractivity contribution in [2.75, 3.05) is 7.05 Å². The van der Waals surface area contributed by atoms with Gasteiger partial charge in [0.05, 0.1) is 5.52 Å². The molecule has 0 aliphatic heterocycles. The van der Waals surface area contributed by atoms with E-state index in [1.54, 1.807) is 0 Å². The minimum atomic E-state index is 0.311. The van der Waals surface area contributed by atoms with E-state index in [1.165, 1.54) is 10.9 Å².